The number of aryl methyl sites for hydroxylation is 1. The van der Waals surface area contributed by atoms with Crippen LogP contribution in [0.25, 0.3) is 0 Å². The first kappa shape index (κ1) is 29.5. The van der Waals surface area contributed by atoms with Crippen LogP contribution in [-0.4, -0.2) is 40.8 Å². The summed E-state index contributed by atoms with van der Waals surface area (Å²) in [4.78, 5) is 13.0. The molecule has 1 amide bonds. The minimum atomic E-state index is -4.10. The van der Waals surface area contributed by atoms with Crippen molar-refractivity contribution in [1.82, 2.24) is 5.43 Å². The number of hydrogen-bond acceptors (Lipinski definition) is 6. The van der Waals surface area contributed by atoms with Gasteiger partial charge in [-0.2, -0.15) is 5.10 Å². The molecule has 0 bridgehead atoms. The Hall–Kier alpha value is -3.07. The van der Waals surface area contributed by atoms with Crippen LogP contribution in [0.2, 0.25) is 0 Å². The van der Waals surface area contributed by atoms with Gasteiger partial charge in [-0.3, -0.25) is 9.10 Å². The lowest BCUT2D eigenvalue weighted by Crippen LogP contribution is -2.39. The highest BCUT2D eigenvalue weighted by atomic mass is 32.2. The second-order valence-corrected chi connectivity index (χ2v) is 11.6. The fourth-order valence-electron chi connectivity index (χ4n) is 4.57. The molecule has 208 valence electrons. The van der Waals surface area contributed by atoms with Gasteiger partial charge in [0.05, 0.1) is 24.8 Å². The predicted molar refractivity (Wildman–Crippen MR) is 152 cm³/mol. The first-order valence-electron chi connectivity index (χ1n) is 13.5. The monoisotopic (exact) mass is 543 g/mol. The van der Waals surface area contributed by atoms with E-state index in [4.69, 9.17) is 9.47 Å². The Morgan fingerprint density at radius 3 is 1.95 bits per heavy atom. The maximum atomic E-state index is 13.8. The van der Waals surface area contributed by atoms with Crippen molar-refractivity contribution in [3.8, 4) is 11.5 Å². The highest BCUT2D eigenvalue weighted by Gasteiger charge is 2.28. The molecule has 0 atom stereocenters. The average molecular weight is 544 g/mol. The van der Waals surface area contributed by atoms with Crippen molar-refractivity contribution < 1.29 is 22.7 Å². The van der Waals surface area contributed by atoms with E-state index in [2.05, 4.69) is 10.5 Å². The Morgan fingerprint density at radius 2 is 1.39 bits per heavy atom. The summed E-state index contributed by atoms with van der Waals surface area (Å²) in [6.07, 6.45) is 12.5. The van der Waals surface area contributed by atoms with Crippen molar-refractivity contribution in [3.63, 3.8) is 0 Å². The number of hydrazone groups is 1. The van der Waals surface area contributed by atoms with Gasteiger partial charge < -0.3 is 9.47 Å². The summed E-state index contributed by atoms with van der Waals surface area (Å²) >= 11 is 0. The summed E-state index contributed by atoms with van der Waals surface area (Å²) in [5, 5.41) is 4.44. The number of rotatable bonds is 8. The Morgan fingerprint density at radius 1 is 0.842 bits per heavy atom. The van der Waals surface area contributed by atoms with Gasteiger partial charge in [0.2, 0.25) is 0 Å². The SMILES string of the molecule is COc1ccc(S(=O)(=O)N(CC(=O)NN=C2CCCCCCCCCCC2)c2ccc(C)cc2)cc1OC. The molecule has 0 radical (unpaired) electrons. The first-order valence-corrected chi connectivity index (χ1v) is 14.9. The summed E-state index contributed by atoms with van der Waals surface area (Å²) in [6, 6.07) is 11.4. The smallest absolute Gasteiger partial charge is 0.264 e. The average Bonchev–Trinajstić information content (AvgIpc) is 2.91. The summed E-state index contributed by atoms with van der Waals surface area (Å²) in [6.45, 7) is 1.51. The summed E-state index contributed by atoms with van der Waals surface area (Å²) in [7, 11) is -1.17. The largest absolute Gasteiger partial charge is 0.493 e. The van der Waals surface area contributed by atoms with Gasteiger partial charge in [-0.1, -0.05) is 62.6 Å². The lowest BCUT2D eigenvalue weighted by molar-refractivity contribution is -0.119. The molecule has 0 spiro atoms. The van der Waals surface area contributed by atoms with E-state index in [9.17, 15) is 13.2 Å². The minimum Gasteiger partial charge on any atom is -0.493 e. The number of sulfonamides is 1. The Labute approximate surface area is 227 Å². The van der Waals surface area contributed by atoms with Gasteiger partial charge in [-0.05, 0) is 56.9 Å². The number of hydrogen-bond donors (Lipinski definition) is 1. The van der Waals surface area contributed by atoms with E-state index in [1.165, 1.54) is 64.5 Å². The molecular weight excluding hydrogens is 502 g/mol. The molecule has 0 heterocycles. The van der Waals surface area contributed by atoms with Gasteiger partial charge in [0.1, 0.15) is 6.54 Å². The van der Waals surface area contributed by atoms with Gasteiger partial charge in [0.25, 0.3) is 15.9 Å². The molecule has 1 fully saturated rings. The van der Waals surface area contributed by atoms with Crippen LogP contribution in [0.1, 0.15) is 76.2 Å². The van der Waals surface area contributed by atoms with Crippen molar-refractivity contribution in [1.29, 1.82) is 0 Å². The number of carbonyl (C=O) groups is 1. The van der Waals surface area contributed by atoms with Gasteiger partial charge in [-0.15, -0.1) is 0 Å². The topological polar surface area (TPSA) is 97.3 Å². The quantitative estimate of drug-likeness (QED) is 0.413. The molecule has 3 rings (SSSR count). The second kappa shape index (κ2) is 14.8. The van der Waals surface area contributed by atoms with Gasteiger partial charge in [0.15, 0.2) is 11.5 Å². The van der Waals surface area contributed by atoms with Crippen LogP contribution in [-0.2, 0) is 14.8 Å². The van der Waals surface area contributed by atoms with Crippen LogP contribution in [0.15, 0.2) is 52.5 Å². The molecule has 38 heavy (non-hydrogen) atoms. The van der Waals surface area contributed by atoms with Gasteiger partial charge in [-0.25, -0.2) is 13.8 Å². The zero-order valence-electron chi connectivity index (χ0n) is 22.9. The molecular formula is C29H41N3O5S. The molecule has 0 aromatic heterocycles. The van der Waals surface area contributed by atoms with E-state index in [0.717, 1.165) is 54.1 Å². The lowest BCUT2D eigenvalue weighted by atomic mass is 10.00. The second-order valence-electron chi connectivity index (χ2n) is 9.76. The van der Waals surface area contributed by atoms with Crippen molar-refractivity contribution in [2.24, 2.45) is 5.10 Å². The summed E-state index contributed by atoms with van der Waals surface area (Å²) in [5.41, 5.74) is 4.98. The molecule has 0 unspecified atom stereocenters. The van der Waals surface area contributed by atoms with Crippen LogP contribution in [0, 0.1) is 6.92 Å². The maximum Gasteiger partial charge on any atom is 0.264 e. The number of carbonyl (C=O) groups excluding carboxylic acids is 1. The number of benzene rings is 2. The van der Waals surface area contributed by atoms with Crippen LogP contribution in [0.3, 0.4) is 0 Å². The predicted octanol–water partition coefficient (Wildman–Crippen LogP) is 5.98. The molecule has 1 N–H and O–H groups in total. The van der Waals surface area contributed by atoms with Crippen LogP contribution >= 0.6 is 0 Å². The van der Waals surface area contributed by atoms with Crippen LogP contribution in [0.4, 0.5) is 5.69 Å². The number of amides is 1. The minimum absolute atomic E-state index is 0.00541. The van der Waals surface area contributed by atoms with Crippen molar-refractivity contribution >= 4 is 27.3 Å². The lowest BCUT2D eigenvalue weighted by Gasteiger charge is -2.24. The third kappa shape index (κ3) is 8.48. The van der Waals surface area contributed by atoms with E-state index in [1.807, 2.05) is 19.1 Å². The number of nitrogens with one attached hydrogen (secondary N) is 1. The number of anilines is 1. The maximum absolute atomic E-state index is 13.8. The Bertz CT molecular complexity index is 1170. The molecule has 0 saturated heterocycles. The Balaban J connectivity index is 1.81. The normalized spacial score (nSPS) is 15.5. The molecule has 1 aliphatic rings. The molecule has 2 aromatic carbocycles. The Kier molecular flexibility index (Phi) is 11.5. The number of nitrogens with zero attached hydrogens (tertiary/aromatic N) is 2. The molecule has 2 aromatic rings. The summed E-state index contributed by atoms with van der Waals surface area (Å²) in [5.74, 6) is 0.211. The van der Waals surface area contributed by atoms with Gasteiger partial charge >= 0.3 is 0 Å². The fourth-order valence-corrected chi connectivity index (χ4v) is 6.01. The van der Waals surface area contributed by atoms with E-state index in [0.29, 0.717) is 11.4 Å². The number of ether oxygens (including phenoxy) is 2. The third-order valence-corrected chi connectivity index (χ3v) is 8.59. The van der Waals surface area contributed by atoms with Crippen molar-refractivity contribution in [3.05, 3.63) is 48.0 Å². The van der Waals surface area contributed by atoms with Crippen molar-refractivity contribution in [2.45, 2.75) is 82.4 Å². The summed E-state index contributed by atoms with van der Waals surface area (Å²) < 4.78 is 39.2. The van der Waals surface area contributed by atoms with E-state index < -0.39 is 22.5 Å². The zero-order chi connectivity index (χ0) is 27.4. The van der Waals surface area contributed by atoms with E-state index in [1.54, 1.807) is 12.1 Å². The molecule has 8 nitrogen and oxygen atoms in total. The molecule has 1 aliphatic carbocycles. The third-order valence-electron chi connectivity index (χ3n) is 6.82. The zero-order valence-corrected chi connectivity index (χ0v) is 23.7. The highest BCUT2D eigenvalue weighted by molar-refractivity contribution is 7.92. The van der Waals surface area contributed by atoms with Crippen molar-refractivity contribution in [2.75, 3.05) is 25.1 Å². The molecule has 9 heteroatoms. The van der Waals surface area contributed by atoms with E-state index in [-0.39, 0.29) is 10.6 Å². The highest BCUT2D eigenvalue weighted by Crippen LogP contribution is 2.32. The molecule has 0 aliphatic heterocycles. The van der Waals surface area contributed by atoms with Gasteiger partial charge in [0, 0.05) is 11.8 Å². The fraction of sp³-hybridized carbons (Fsp3) is 0.517. The van der Waals surface area contributed by atoms with Crippen LogP contribution in [0.5, 0.6) is 11.5 Å². The van der Waals surface area contributed by atoms with E-state index >= 15 is 0 Å². The first-order chi connectivity index (χ1) is 18.3. The van der Waals surface area contributed by atoms with Crippen LogP contribution < -0.4 is 19.2 Å². The number of methoxy groups -OCH3 is 2. The molecule has 1 saturated carbocycles. The standard InChI is InChI=1S/C29H41N3O5S/c1-23-15-17-25(18-16-23)32(38(34,35)26-19-20-27(36-2)28(21-26)37-3)22-29(33)31-30-24-13-11-9-7-5-4-6-8-10-12-14-24/h15-21H,4-14,22H2,1-3H3,(H,31,33).